The molecule has 0 saturated carbocycles. The van der Waals surface area contributed by atoms with Crippen molar-refractivity contribution in [1.82, 2.24) is 5.32 Å². The highest BCUT2D eigenvalue weighted by molar-refractivity contribution is 9.10. The summed E-state index contributed by atoms with van der Waals surface area (Å²) in [4.78, 5) is 12.3. The molecule has 5 heteroatoms. The van der Waals surface area contributed by atoms with Crippen molar-refractivity contribution < 1.29 is 9.53 Å². The highest BCUT2D eigenvalue weighted by Gasteiger charge is 2.13. The van der Waals surface area contributed by atoms with E-state index in [9.17, 15) is 4.79 Å². The van der Waals surface area contributed by atoms with Crippen molar-refractivity contribution in [3.63, 3.8) is 0 Å². The molecule has 2 aromatic carbocycles. The molecule has 0 aliphatic heterocycles. The molecular formula is C16H15BrClNO2. The van der Waals surface area contributed by atoms with E-state index in [-0.39, 0.29) is 11.9 Å². The molecule has 21 heavy (non-hydrogen) atoms. The molecule has 0 spiro atoms. The lowest BCUT2D eigenvalue weighted by Gasteiger charge is -2.15. The summed E-state index contributed by atoms with van der Waals surface area (Å²) in [7, 11) is 1.58. The van der Waals surface area contributed by atoms with Crippen LogP contribution in [-0.4, -0.2) is 13.0 Å². The van der Waals surface area contributed by atoms with Gasteiger partial charge in [0, 0.05) is 10.6 Å². The van der Waals surface area contributed by atoms with Crippen LogP contribution in [-0.2, 0) is 0 Å². The van der Waals surface area contributed by atoms with Crippen LogP contribution < -0.4 is 10.1 Å². The number of hydrogen-bond acceptors (Lipinski definition) is 2. The Morgan fingerprint density at radius 3 is 2.67 bits per heavy atom. The molecule has 0 aromatic heterocycles. The zero-order valence-corrected chi connectivity index (χ0v) is 14.0. The van der Waals surface area contributed by atoms with Crippen molar-refractivity contribution in [3.8, 4) is 5.75 Å². The van der Waals surface area contributed by atoms with Crippen LogP contribution in [0.15, 0.2) is 46.9 Å². The fraction of sp³-hybridized carbons (Fsp3) is 0.188. The van der Waals surface area contributed by atoms with Gasteiger partial charge in [-0.2, -0.15) is 0 Å². The number of carbonyl (C=O) groups excluding carboxylic acids is 1. The van der Waals surface area contributed by atoms with Crippen molar-refractivity contribution in [2.75, 3.05) is 7.11 Å². The maximum Gasteiger partial charge on any atom is 0.251 e. The number of amides is 1. The molecule has 0 heterocycles. The minimum atomic E-state index is -0.147. The van der Waals surface area contributed by atoms with Gasteiger partial charge in [0.2, 0.25) is 0 Å². The lowest BCUT2D eigenvalue weighted by atomic mass is 10.1. The van der Waals surface area contributed by atoms with E-state index in [1.54, 1.807) is 31.4 Å². The largest absolute Gasteiger partial charge is 0.496 e. The van der Waals surface area contributed by atoms with Crippen LogP contribution in [0.4, 0.5) is 0 Å². The predicted octanol–water partition coefficient (Wildman–Crippen LogP) is 4.60. The second-order valence-electron chi connectivity index (χ2n) is 4.60. The molecule has 3 nitrogen and oxygen atoms in total. The molecule has 0 fully saturated rings. The van der Waals surface area contributed by atoms with Gasteiger partial charge in [-0.15, -0.1) is 0 Å². The molecule has 110 valence electrons. The molecule has 1 atom stereocenters. The standard InChI is InChI=1S/C16H15BrClNO2/c1-10(11-4-3-5-13(18)8-11)19-16(20)12-6-7-15(21-2)14(17)9-12/h3-10H,1-2H3,(H,19,20)/t10-/m1/s1. The smallest absolute Gasteiger partial charge is 0.251 e. The average Bonchev–Trinajstić information content (AvgIpc) is 2.47. The summed E-state index contributed by atoms with van der Waals surface area (Å²) in [5.74, 6) is 0.542. The Morgan fingerprint density at radius 2 is 2.05 bits per heavy atom. The molecule has 0 saturated heterocycles. The molecule has 1 N–H and O–H groups in total. The zero-order valence-electron chi connectivity index (χ0n) is 11.7. The summed E-state index contributed by atoms with van der Waals surface area (Å²) in [5.41, 5.74) is 1.53. The number of rotatable bonds is 4. The van der Waals surface area contributed by atoms with Crippen molar-refractivity contribution in [2.45, 2.75) is 13.0 Å². The van der Waals surface area contributed by atoms with Gasteiger partial charge in [-0.1, -0.05) is 23.7 Å². The van der Waals surface area contributed by atoms with E-state index in [4.69, 9.17) is 16.3 Å². The van der Waals surface area contributed by atoms with Crippen molar-refractivity contribution in [3.05, 3.63) is 63.1 Å². The molecule has 2 rings (SSSR count). The molecule has 0 radical (unpaired) electrons. The predicted molar refractivity (Wildman–Crippen MR) is 88.0 cm³/mol. The van der Waals surface area contributed by atoms with E-state index in [2.05, 4.69) is 21.2 Å². The monoisotopic (exact) mass is 367 g/mol. The van der Waals surface area contributed by atoms with Crippen LogP contribution >= 0.6 is 27.5 Å². The van der Waals surface area contributed by atoms with E-state index in [0.717, 1.165) is 10.0 Å². The third-order valence-corrected chi connectivity index (χ3v) is 3.97. The minimum Gasteiger partial charge on any atom is -0.496 e. The van der Waals surface area contributed by atoms with E-state index in [1.807, 2.05) is 25.1 Å². The highest BCUT2D eigenvalue weighted by atomic mass is 79.9. The summed E-state index contributed by atoms with van der Waals surface area (Å²) in [6.07, 6.45) is 0. The van der Waals surface area contributed by atoms with Gasteiger partial charge < -0.3 is 10.1 Å². The van der Waals surface area contributed by atoms with Crippen molar-refractivity contribution in [2.24, 2.45) is 0 Å². The SMILES string of the molecule is COc1ccc(C(=O)N[C@H](C)c2cccc(Cl)c2)cc1Br. The highest BCUT2D eigenvalue weighted by Crippen LogP contribution is 2.26. The van der Waals surface area contributed by atoms with Crippen molar-refractivity contribution in [1.29, 1.82) is 0 Å². The van der Waals surface area contributed by atoms with E-state index < -0.39 is 0 Å². The Bertz CT molecular complexity index is 660. The number of benzene rings is 2. The Hall–Kier alpha value is -1.52. The number of ether oxygens (including phenoxy) is 1. The van der Waals surface area contributed by atoms with Crippen LogP contribution in [0.25, 0.3) is 0 Å². The molecule has 0 aliphatic carbocycles. The minimum absolute atomic E-state index is 0.128. The van der Waals surface area contributed by atoms with E-state index >= 15 is 0 Å². The number of nitrogens with one attached hydrogen (secondary N) is 1. The first-order valence-electron chi connectivity index (χ1n) is 6.41. The first kappa shape index (κ1) is 15.9. The number of carbonyl (C=O) groups is 1. The average molecular weight is 369 g/mol. The summed E-state index contributed by atoms with van der Waals surface area (Å²) in [6, 6.07) is 12.5. The fourth-order valence-electron chi connectivity index (χ4n) is 1.95. The molecule has 0 aliphatic rings. The van der Waals surface area contributed by atoms with Crippen LogP contribution in [0.2, 0.25) is 5.02 Å². The van der Waals surface area contributed by atoms with Gasteiger partial charge in [0.25, 0.3) is 5.91 Å². The van der Waals surface area contributed by atoms with Gasteiger partial charge in [0.15, 0.2) is 0 Å². The van der Waals surface area contributed by atoms with Gasteiger partial charge in [-0.3, -0.25) is 4.79 Å². The third kappa shape index (κ3) is 3.99. The van der Waals surface area contributed by atoms with Crippen LogP contribution in [0.5, 0.6) is 5.75 Å². The number of hydrogen-bond donors (Lipinski definition) is 1. The maximum atomic E-state index is 12.3. The fourth-order valence-corrected chi connectivity index (χ4v) is 2.69. The Balaban J connectivity index is 2.12. The summed E-state index contributed by atoms with van der Waals surface area (Å²) < 4.78 is 5.89. The molecule has 0 bridgehead atoms. The molecule has 0 unspecified atom stereocenters. The number of methoxy groups -OCH3 is 1. The first-order valence-corrected chi connectivity index (χ1v) is 7.58. The Labute approximate surface area is 137 Å². The van der Waals surface area contributed by atoms with Crippen molar-refractivity contribution >= 4 is 33.4 Å². The van der Waals surface area contributed by atoms with Crippen LogP contribution in [0, 0.1) is 0 Å². The van der Waals surface area contributed by atoms with E-state index in [0.29, 0.717) is 16.3 Å². The Kier molecular flexibility index (Phi) is 5.26. The number of halogens is 2. The lowest BCUT2D eigenvalue weighted by molar-refractivity contribution is 0.0940. The first-order chi connectivity index (χ1) is 10.0. The molecule has 2 aromatic rings. The van der Waals surface area contributed by atoms with Gasteiger partial charge in [-0.05, 0) is 58.7 Å². The molecule has 1 amide bonds. The van der Waals surface area contributed by atoms with Gasteiger partial charge >= 0.3 is 0 Å². The quantitative estimate of drug-likeness (QED) is 0.856. The van der Waals surface area contributed by atoms with E-state index in [1.165, 1.54) is 0 Å². The second-order valence-corrected chi connectivity index (χ2v) is 5.89. The topological polar surface area (TPSA) is 38.3 Å². The summed E-state index contributed by atoms with van der Waals surface area (Å²) in [6.45, 7) is 1.92. The van der Waals surface area contributed by atoms with Gasteiger partial charge in [0.05, 0.1) is 17.6 Å². The lowest BCUT2D eigenvalue weighted by Crippen LogP contribution is -2.26. The van der Waals surface area contributed by atoms with Crippen LogP contribution in [0.3, 0.4) is 0 Å². The second kappa shape index (κ2) is 6.96. The summed E-state index contributed by atoms with van der Waals surface area (Å²) in [5, 5.41) is 3.60. The maximum absolute atomic E-state index is 12.3. The zero-order chi connectivity index (χ0) is 15.4. The van der Waals surface area contributed by atoms with Crippen LogP contribution in [0.1, 0.15) is 28.9 Å². The summed E-state index contributed by atoms with van der Waals surface area (Å²) >= 11 is 9.34. The molecular weight excluding hydrogens is 354 g/mol. The third-order valence-electron chi connectivity index (χ3n) is 3.11. The Morgan fingerprint density at radius 1 is 1.29 bits per heavy atom. The van der Waals surface area contributed by atoms with Gasteiger partial charge in [0.1, 0.15) is 5.75 Å². The normalized spacial score (nSPS) is 11.8. The van der Waals surface area contributed by atoms with Gasteiger partial charge in [-0.25, -0.2) is 0 Å².